The van der Waals surface area contributed by atoms with Crippen molar-refractivity contribution in [3.8, 4) is 0 Å². The number of rotatable bonds is 8. The lowest BCUT2D eigenvalue weighted by Crippen LogP contribution is -2.32. The molecule has 2 radical (unpaired) electrons. The maximum Gasteiger partial charge on any atom is 0.300 e. The van der Waals surface area contributed by atoms with Crippen LogP contribution in [0.5, 0.6) is 0 Å². The van der Waals surface area contributed by atoms with Crippen molar-refractivity contribution in [1.82, 2.24) is 4.90 Å². The third-order valence-electron chi connectivity index (χ3n) is 3.95. The summed E-state index contributed by atoms with van der Waals surface area (Å²) in [5.74, 6) is -0.838. The van der Waals surface area contributed by atoms with Crippen LogP contribution >= 0.6 is 0 Å². The van der Waals surface area contributed by atoms with Crippen LogP contribution in [-0.2, 0) is 4.79 Å². The van der Waals surface area contributed by atoms with Gasteiger partial charge < -0.3 is 10.0 Å². The normalized spacial score (nSPS) is 20.5. The molecule has 0 saturated carbocycles. The highest BCUT2D eigenvalue weighted by Crippen LogP contribution is 2.34. The third kappa shape index (κ3) is 5.01. The monoisotopic (exact) mass is 251 g/mol. The zero-order valence-electron chi connectivity index (χ0n) is 11.7. The molecule has 0 aliphatic carbocycles. The average Bonchev–Trinajstić information content (AvgIpc) is 2.37. The summed E-state index contributed by atoms with van der Waals surface area (Å²) in [5.41, 5.74) is 0. The molecule has 1 rings (SSSR count). The first-order valence-electron chi connectivity index (χ1n) is 7.33. The Hall–Kier alpha value is -0.505. The van der Waals surface area contributed by atoms with Gasteiger partial charge in [0, 0.05) is 5.31 Å². The molecule has 0 aromatic heterocycles. The van der Waals surface area contributed by atoms with Crippen LogP contribution in [0.4, 0.5) is 0 Å². The van der Waals surface area contributed by atoms with Crippen molar-refractivity contribution in [3.63, 3.8) is 0 Å². The summed E-state index contributed by atoms with van der Waals surface area (Å²) in [5, 5.41) is 8.25. The van der Waals surface area contributed by atoms with Gasteiger partial charge in [-0.1, -0.05) is 26.2 Å². The van der Waals surface area contributed by atoms with E-state index in [1.807, 2.05) is 0 Å². The van der Waals surface area contributed by atoms with Gasteiger partial charge in [0.05, 0.1) is 7.85 Å². The average molecular weight is 251 g/mol. The van der Waals surface area contributed by atoms with Gasteiger partial charge in [-0.15, -0.1) is 0 Å². The molecule has 1 fully saturated rings. The van der Waals surface area contributed by atoms with Crippen molar-refractivity contribution in [3.05, 3.63) is 0 Å². The van der Waals surface area contributed by atoms with Crippen LogP contribution in [0.25, 0.3) is 0 Å². The van der Waals surface area contributed by atoms with Crippen molar-refractivity contribution >= 4 is 13.8 Å². The Morgan fingerprint density at radius 1 is 1.22 bits per heavy atom. The van der Waals surface area contributed by atoms with E-state index in [0.29, 0.717) is 12.8 Å². The Labute approximate surface area is 112 Å². The van der Waals surface area contributed by atoms with Gasteiger partial charge in [0.25, 0.3) is 0 Å². The second-order valence-corrected chi connectivity index (χ2v) is 5.57. The van der Waals surface area contributed by atoms with Gasteiger partial charge in [-0.25, -0.2) is 0 Å². The molecule has 0 aromatic carbocycles. The van der Waals surface area contributed by atoms with Crippen LogP contribution in [0.1, 0.15) is 58.3 Å². The standard InChI is InChI=1S/C14H26BNO2/c1-2-3-8-14(15,13(17)18)9-7-12-16-10-5-4-6-11-16/h2-12H2,1H3,(H,17,18). The molecule has 4 heteroatoms. The van der Waals surface area contributed by atoms with Crippen molar-refractivity contribution < 1.29 is 9.90 Å². The predicted octanol–water partition coefficient (Wildman–Crippen LogP) is 2.85. The predicted molar refractivity (Wildman–Crippen MR) is 75.1 cm³/mol. The highest BCUT2D eigenvalue weighted by molar-refractivity contribution is 6.26. The number of hydrogen-bond acceptors (Lipinski definition) is 2. The molecular formula is C14H26BNO2. The third-order valence-corrected chi connectivity index (χ3v) is 3.95. The first-order chi connectivity index (χ1) is 8.58. The topological polar surface area (TPSA) is 40.5 Å². The summed E-state index contributed by atoms with van der Waals surface area (Å²) in [6, 6.07) is 0. The molecule has 102 valence electrons. The van der Waals surface area contributed by atoms with E-state index < -0.39 is 11.3 Å². The molecule has 1 saturated heterocycles. The summed E-state index contributed by atoms with van der Waals surface area (Å²) in [6.07, 6.45) is 7.88. The second-order valence-electron chi connectivity index (χ2n) is 5.57. The minimum Gasteiger partial charge on any atom is -0.481 e. The molecule has 1 atom stereocenters. The molecular weight excluding hydrogens is 225 g/mol. The Bertz CT molecular complexity index is 254. The second kappa shape index (κ2) is 7.83. The number of nitrogens with zero attached hydrogens (tertiary/aromatic N) is 1. The van der Waals surface area contributed by atoms with Gasteiger partial charge in [0.1, 0.15) is 0 Å². The fourth-order valence-electron chi connectivity index (χ4n) is 2.63. The molecule has 0 amide bonds. The van der Waals surface area contributed by atoms with E-state index in [0.717, 1.165) is 25.8 Å². The van der Waals surface area contributed by atoms with Crippen molar-refractivity contribution in [2.45, 2.75) is 63.6 Å². The van der Waals surface area contributed by atoms with Gasteiger partial charge in [0.15, 0.2) is 0 Å². The number of hydrogen-bond donors (Lipinski definition) is 1. The van der Waals surface area contributed by atoms with Crippen LogP contribution in [0.15, 0.2) is 0 Å². The number of piperidine rings is 1. The minimum atomic E-state index is -1.01. The summed E-state index contributed by atoms with van der Waals surface area (Å²) in [7, 11) is 6.02. The number of carbonyl (C=O) groups is 1. The molecule has 0 aromatic rings. The summed E-state index contributed by atoms with van der Waals surface area (Å²) in [6.45, 7) is 5.40. The van der Waals surface area contributed by atoms with Crippen LogP contribution < -0.4 is 0 Å². The van der Waals surface area contributed by atoms with Crippen LogP contribution in [-0.4, -0.2) is 43.5 Å². The lowest BCUT2D eigenvalue weighted by molar-refractivity contribution is -0.141. The zero-order chi connectivity index (χ0) is 13.4. The Morgan fingerprint density at radius 2 is 1.83 bits per heavy atom. The van der Waals surface area contributed by atoms with Crippen LogP contribution in [0.3, 0.4) is 0 Å². The maximum absolute atomic E-state index is 11.3. The van der Waals surface area contributed by atoms with Gasteiger partial charge in [-0.2, -0.15) is 0 Å². The highest BCUT2D eigenvalue weighted by Gasteiger charge is 2.31. The molecule has 1 aliphatic rings. The fourth-order valence-corrected chi connectivity index (χ4v) is 2.63. The summed E-state index contributed by atoms with van der Waals surface area (Å²) in [4.78, 5) is 13.7. The van der Waals surface area contributed by atoms with Crippen molar-refractivity contribution in [2.24, 2.45) is 0 Å². The van der Waals surface area contributed by atoms with E-state index in [2.05, 4.69) is 11.8 Å². The summed E-state index contributed by atoms with van der Waals surface area (Å²) >= 11 is 0. The van der Waals surface area contributed by atoms with Crippen molar-refractivity contribution in [2.75, 3.05) is 19.6 Å². The number of aliphatic carboxylic acids is 1. The van der Waals surface area contributed by atoms with E-state index in [1.54, 1.807) is 0 Å². The summed E-state index contributed by atoms with van der Waals surface area (Å²) < 4.78 is 0. The van der Waals surface area contributed by atoms with Gasteiger partial charge in [0.2, 0.25) is 0 Å². The quantitative estimate of drug-likeness (QED) is 0.674. The lowest BCUT2D eigenvalue weighted by atomic mass is 9.63. The molecule has 0 bridgehead atoms. The van der Waals surface area contributed by atoms with E-state index in [4.69, 9.17) is 7.85 Å². The highest BCUT2D eigenvalue weighted by atomic mass is 16.4. The molecule has 0 spiro atoms. The van der Waals surface area contributed by atoms with E-state index in [1.165, 1.54) is 32.4 Å². The van der Waals surface area contributed by atoms with Crippen LogP contribution in [0.2, 0.25) is 5.31 Å². The largest absolute Gasteiger partial charge is 0.481 e. The lowest BCUT2D eigenvalue weighted by Gasteiger charge is -2.29. The SMILES string of the molecule is [B]C(CCCC)(CCCN1CCCCC1)C(=O)O. The first-order valence-corrected chi connectivity index (χ1v) is 7.33. The Morgan fingerprint density at radius 3 is 2.39 bits per heavy atom. The van der Waals surface area contributed by atoms with Gasteiger partial charge in [-0.3, -0.25) is 4.79 Å². The fraction of sp³-hybridized carbons (Fsp3) is 0.929. The first kappa shape index (κ1) is 15.6. The maximum atomic E-state index is 11.3. The van der Waals surface area contributed by atoms with Crippen LogP contribution in [0, 0.1) is 0 Å². The van der Waals surface area contributed by atoms with E-state index >= 15 is 0 Å². The number of likely N-dealkylation sites (tertiary alicyclic amines) is 1. The number of unbranched alkanes of at least 4 members (excludes halogenated alkanes) is 1. The minimum absolute atomic E-state index is 0.596. The smallest absolute Gasteiger partial charge is 0.300 e. The molecule has 1 N–H and O–H groups in total. The number of carboxylic acids is 1. The molecule has 1 unspecified atom stereocenters. The molecule has 1 heterocycles. The van der Waals surface area contributed by atoms with Crippen molar-refractivity contribution in [1.29, 1.82) is 0 Å². The van der Waals surface area contributed by atoms with E-state index in [-0.39, 0.29) is 0 Å². The van der Waals surface area contributed by atoms with Gasteiger partial charge in [-0.05, 0) is 51.7 Å². The Balaban J connectivity index is 2.30. The molecule has 1 aliphatic heterocycles. The molecule has 3 nitrogen and oxygen atoms in total. The van der Waals surface area contributed by atoms with Gasteiger partial charge >= 0.3 is 5.97 Å². The Kier molecular flexibility index (Phi) is 6.76. The van der Waals surface area contributed by atoms with E-state index in [9.17, 15) is 9.90 Å². The number of carboxylic acid groups (broad SMARTS) is 1. The molecule has 18 heavy (non-hydrogen) atoms. The zero-order valence-corrected chi connectivity index (χ0v) is 11.7.